The molecule has 138 valence electrons. The van der Waals surface area contributed by atoms with Crippen LogP contribution in [0.3, 0.4) is 0 Å². The standard InChI is InChI=1S/C18H17F3N2O3/c1-12-5-2-3-8-15(12)26-10-9-22-16(24)17(25)23-14-7-4-6-13(11-14)18(19,20)21/h2-8,11H,9-10H2,1H3,(H,22,24)(H,23,25). The van der Waals surface area contributed by atoms with E-state index in [9.17, 15) is 22.8 Å². The van der Waals surface area contributed by atoms with E-state index in [-0.39, 0.29) is 18.8 Å². The van der Waals surface area contributed by atoms with Gasteiger partial charge < -0.3 is 15.4 Å². The highest BCUT2D eigenvalue weighted by molar-refractivity contribution is 6.39. The van der Waals surface area contributed by atoms with E-state index >= 15 is 0 Å². The number of benzene rings is 2. The maximum Gasteiger partial charge on any atom is 0.416 e. The Bertz CT molecular complexity index is 791. The van der Waals surface area contributed by atoms with Crippen LogP contribution >= 0.6 is 0 Å². The van der Waals surface area contributed by atoms with Crippen molar-refractivity contribution in [1.29, 1.82) is 0 Å². The van der Waals surface area contributed by atoms with Crippen molar-refractivity contribution >= 4 is 17.5 Å². The first-order chi connectivity index (χ1) is 12.3. The van der Waals surface area contributed by atoms with Crippen LogP contribution in [0.2, 0.25) is 0 Å². The van der Waals surface area contributed by atoms with Gasteiger partial charge in [0.1, 0.15) is 12.4 Å². The molecule has 2 aromatic carbocycles. The summed E-state index contributed by atoms with van der Waals surface area (Å²) in [6, 6.07) is 11.4. The van der Waals surface area contributed by atoms with Crippen molar-refractivity contribution < 1.29 is 27.5 Å². The van der Waals surface area contributed by atoms with Crippen molar-refractivity contribution in [2.45, 2.75) is 13.1 Å². The molecule has 26 heavy (non-hydrogen) atoms. The Hall–Kier alpha value is -3.03. The van der Waals surface area contributed by atoms with Crippen molar-refractivity contribution in [2.24, 2.45) is 0 Å². The second-order valence-electron chi connectivity index (χ2n) is 5.40. The lowest BCUT2D eigenvalue weighted by Crippen LogP contribution is -2.37. The normalized spacial score (nSPS) is 10.9. The zero-order valence-electron chi connectivity index (χ0n) is 13.9. The second kappa shape index (κ2) is 8.37. The van der Waals surface area contributed by atoms with Gasteiger partial charge in [-0.05, 0) is 36.8 Å². The van der Waals surface area contributed by atoms with Crippen molar-refractivity contribution in [2.75, 3.05) is 18.5 Å². The molecule has 0 heterocycles. The molecule has 0 bridgehead atoms. The van der Waals surface area contributed by atoms with Crippen LogP contribution in [0.4, 0.5) is 18.9 Å². The first-order valence-corrected chi connectivity index (χ1v) is 7.72. The summed E-state index contributed by atoms with van der Waals surface area (Å²) in [7, 11) is 0. The van der Waals surface area contributed by atoms with Crippen LogP contribution in [0, 0.1) is 6.92 Å². The summed E-state index contributed by atoms with van der Waals surface area (Å²) >= 11 is 0. The largest absolute Gasteiger partial charge is 0.491 e. The number of hydrogen-bond donors (Lipinski definition) is 2. The highest BCUT2D eigenvalue weighted by atomic mass is 19.4. The van der Waals surface area contributed by atoms with E-state index in [1.165, 1.54) is 6.07 Å². The number of anilines is 1. The number of carbonyl (C=O) groups excluding carboxylic acids is 2. The maximum atomic E-state index is 12.6. The van der Waals surface area contributed by atoms with Gasteiger partial charge in [-0.25, -0.2) is 0 Å². The van der Waals surface area contributed by atoms with Gasteiger partial charge in [-0.3, -0.25) is 9.59 Å². The van der Waals surface area contributed by atoms with Crippen molar-refractivity contribution in [3.63, 3.8) is 0 Å². The van der Waals surface area contributed by atoms with Crippen molar-refractivity contribution in [3.05, 3.63) is 59.7 Å². The van der Waals surface area contributed by atoms with E-state index in [0.717, 1.165) is 23.8 Å². The molecule has 0 atom stereocenters. The molecule has 0 aliphatic carbocycles. The Balaban J connectivity index is 1.81. The third-order valence-electron chi connectivity index (χ3n) is 3.39. The molecule has 0 saturated heterocycles. The number of amides is 2. The van der Waals surface area contributed by atoms with Gasteiger partial charge in [0.25, 0.3) is 0 Å². The summed E-state index contributed by atoms with van der Waals surface area (Å²) in [5.74, 6) is -1.36. The van der Waals surface area contributed by atoms with Crippen LogP contribution in [-0.4, -0.2) is 25.0 Å². The lowest BCUT2D eigenvalue weighted by molar-refractivity contribution is -0.137. The van der Waals surface area contributed by atoms with Crippen LogP contribution < -0.4 is 15.4 Å². The SMILES string of the molecule is Cc1ccccc1OCCNC(=O)C(=O)Nc1cccc(C(F)(F)F)c1. The van der Waals surface area contributed by atoms with Gasteiger partial charge in [-0.2, -0.15) is 13.2 Å². The van der Waals surface area contributed by atoms with Gasteiger partial charge in [0.2, 0.25) is 0 Å². The van der Waals surface area contributed by atoms with E-state index < -0.39 is 23.6 Å². The average molecular weight is 366 g/mol. The molecule has 8 heteroatoms. The highest BCUT2D eigenvalue weighted by Crippen LogP contribution is 2.30. The fourth-order valence-corrected chi connectivity index (χ4v) is 2.09. The van der Waals surface area contributed by atoms with Gasteiger partial charge in [-0.1, -0.05) is 24.3 Å². The molecule has 0 aliphatic heterocycles. The Morgan fingerprint density at radius 2 is 1.77 bits per heavy atom. The number of ether oxygens (including phenoxy) is 1. The molecule has 0 unspecified atom stereocenters. The number of hydrogen-bond acceptors (Lipinski definition) is 3. The minimum absolute atomic E-state index is 0.0726. The van der Waals surface area contributed by atoms with Gasteiger partial charge in [0, 0.05) is 5.69 Å². The van der Waals surface area contributed by atoms with E-state index in [1.54, 1.807) is 6.07 Å². The number of carbonyl (C=O) groups is 2. The van der Waals surface area contributed by atoms with Crippen LogP contribution in [0.25, 0.3) is 0 Å². The van der Waals surface area contributed by atoms with Gasteiger partial charge in [0.05, 0.1) is 12.1 Å². The minimum Gasteiger partial charge on any atom is -0.491 e. The van der Waals surface area contributed by atoms with E-state index in [2.05, 4.69) is 10.6 Å². The molecule has 0 spiro atoms. The minimum atomic E-state index is -4.53. The fraction of sp³-hybridized carbons (Fsp3) is 0.222. The topological polar surface area (TPSA) is 67.4 Å². The Kier molecular flexibility index (Phi) is 6.21. The summed E-state index contributed by atoms with van der Waals surface area (Å²) in [5.41, 5.74) is -0.0976. The molecule has 2 amide bonds. The van der Waals surface area contributed by atoms with Crippen LogP contribution in [0.5, 0.6) is 5.75 Å². The zero-order valence-corrected chi connectivity index (χ0v) is 13.9. The van der Waals surface area contributed by atoms with Crippen LogP contribution in [-0.2, 0) is 15.8 Å². The number of rotatable bonds is 5. The monoisotopic (exact) mass is 366 g/mol. The summed E-state index contributed by atoms with van der Waals surface area (Å²) in [6.45, 7) is 2.09. The van der Waals surface area contributed by atoms with Crippen LogP contribution in [0.15, 0.2) is 48.5 Å². The third kappa shape index (κ3) is 5.51. The average Bonchev–Trinajstić information content (AvgIpc) is 2.59. The van der Waals surface area contributed by atoms with Crippen molar-refractivity contribution in [3.8, 4) is 5.75 Å². The summed E-state index contributed by atoms with van der Waals surface area (Å²) in [4.78, 5) is 23.5. The molecule has 0 saturated carbocycles. The van der Waals surface area contributed by atoms with Crippen LogP contribution in [0.1, 0.15) is 11.1 Å². The number of alkyl halides is 3. The Morgan fingerprint density at radius 1 is 1.04 bits per heavy atom. The van der Waals surface area contributed by atoms with Gasteiger partial charge in [-0.15, -0.1) is 0 Å². The molecular weight excluding hydrogens is 349 g/mol. The molecular formula is C18H17F3N2O3. The first-order valence-electron chi connectivity index (χ1n) is 7.72. The third-order valence-corrected chi connectivity index (χ3v) is 3.39. The molecule has 0 aliphatic rings. The molecule has 2 N–H and O–H groups in total. The summed E-state index contributed by atoms with van der Waals surface area (Å²) in [6.07, 6.45) is -4.53. The first kappa shape index (κ1) is 19.3. The fourth-order valence-electron chi connectivity index (χ4n) is 2.09. The Morgan fingerprint density at radius 3 is 2.46 bits per heavy atom. The number of para-hydroxylation sites is 1. The van der Waals surface area contributed by atoms with E-state index in [4.69, 9.17) is 4.74 Å². The number of nitrogens with one attached hydrogen (secondary N) is 2. The molecule has 2 rings (SSSR count). The Labute approximate surface area is 148 Å². The van der Waals surface area contributed by atoms with Crippen molar-refractivity contribution in [1.82, 2.24) is 5.32 Å². The van der Waals surface area contributed by atoms with E-state index in [1.807, 2.05) is 25.1 Å². The predicted octanol–water partition coefficient (Wildman–Crippen LogP) is 3.15. The molecule has 0 radical (unpaired) electrons. The lowest BCUT2D eigenvalue weighted by Gasteiger charge is -2.11. The second-order valence-corrected chi connectivity index (χ2v) is 5.40. The zero-order chi connectivity index (χ0) is 19.2. The smallest absolute Gasteiger partial charge is 0.416 e. The highest BCUT2D eigenvalue weighted by Gasteiger charge is 2.30. The quantitative estimate of drug-likeness (QED) is 0.631. The van der Waals surface area contributed by atoms with Gasteiger partial charge in [0.15, 0.2) is 0 Å². The summed E-state index contributed by atoms with van der Waals surface area (Å²) < 4.78 is 43.4. The molecule has 0 aromatic heterocycles. The molecule has 2 aromatic rings. The predicted molar refractivity (Wildman–Crippen MR) is 89.8 cm³/mol. The lowest BCUT2D eigenvalue weighted by atomic mass is 10.2. The molecule has 5 nitrogen and oxygen atoms in total. The molecule has 0 fully saturated rings. The number of halogens is 3. The summed E-state index contributed by atoms with van der Waals surface area (Å²) in [5, 5.41) is 4.47. The van der Waals surface area contributed by atoms with E-state index in [0.29, 0.717) is 5.75 Å². The number of aryl methyl sites for hydroxylation is 1. The maximum absolute atomic E-state index is 12.6. The van der Waals surface area contributed by atoms with Gasteiger partial charge >= 0.3 is 18.0 Å².